The van der Waals surface area contributed by atoms with Gasteiger partial charge in [-0.05, 0) is 215 Å². The molecule has 0 aliphatic heterocycles. The van der Waals surface area contributed by atoms with E-state index in [0.29, 0.717) is 72.4 Å². The molecule has 0 atom stereocenters. The number of benzene rings is 10. The molecule has 0 saturated heterocycles. The van der Waals surface area contributed by atoms with Crippen LogP contribution in [0.25, 0.3) is 0 Å². The average molecular weight is 1950 g/mol. The number of aryl methyl sites for hydroxylation is 2. The summed E-state index contributed by atoms with van der Waals surface area (Å²) in [5.41, 5.74) is 11.4. The van der Waals surface area contributed by atoms with E-state index in [1.165, 1.54) is 231 Å². The third kappa shape index (κ3) is 44.5. The molecule has 10 aromatic rings. The van der Waals surface area contributed by atoms with Gasteiger partial charge in [0.05, 0.1) is 26.4 Å². The van der Waals surface area contributed by atoms with Gasteiger partial charge < -0.3 is 56.8 Å². The van der Waals surface area contributed by atoms with E-state index in [1.807, 2.05) is 115 Å². The zero-order chi connectivity index (χ0) is 94.4. The monoisotopic (exact) mass is 1950 g/mol. The van der Waals surface area contributed by atoms with Crippen molar-refractivity contribution in [2.24, 2.45) is 0 Å². The lowest BCUT2D eigenvalue weighted by Gasteiger charge is -2.20. The maximum absolute atomic E-state index is 14.4. The van der Waals surface area contributed by atoms with Crippen molar-refractivity contribution in [2.45, 2.75) is 364 Å². The minimum absolute atomic E-state index is 0.0468. The molecule has 730 valence electrons. The van der Waals surface area contributed by atoms with Gasteiger partial charge in [-0.25, -0.2) is 0 Å². The second-order valence-electron chi connectivity index (χ2n) is 37.2. The van der Waals surface area contributed by atoms with Gasteiger partial charge in [0.2, 0.25) is 11.5 Å². The normalized spacial score (nSPS) is 11.2. The van der Waals surface area contributed by atoms with Gasteiger partial charge >= 0.3 is 0 Å². The van der Waals surface area contributed by atoms with Crippen LogP contribution in [-0.2, 0) is 70.5 Å². The number of Topliss-reactive ketones (excluding diaryl/α,β-unsaturated/α-hetero) is 1. The highest BCUT2D eigenvalue weighted by Gasteiger charge is 2.22. The topological polar surface area (TPSA) is 128 Å². The van der Waals surface area contributed by atoms with Crippen molar-refractivity contribution < 1.29 is 61.6 Å². The SMILES string of the molecule is CCCCCCCCCCCCOc1ccc(COc2cc(COc3cc(CC(=O)Cc4ccc(I)cc4)cc(OCc4cc(OCc5ccc(C)cc5)c(OCc5ccc(OCCCCCCCCCCCC)cc5)c(OCc5ccc(OCCCCCCCCCCCC)cc5)c4)c3)cc(OCc3ccc(C)cc3)c2OCc2ccc(OCCCCCCCCCCCC)cc2)cc1. The van der Waals surface area contributed by atoms with Gasteiger partial charge in [-0.1, -0.05) is 379 Å². The highest BCUT2D eigenvalue weighted by atomic mass is 127. The van der Waals surface area contributed by atoms with Gasteiger partial charge in [-0.15, -0.1) is 0 Å². The van der Waals surface area contributed by atoms with Crippen molar-refractivity contribution in [2.75, 3.05) is 26.4 Å². The standard InChI is InChI=1S/C121H161IO13/c1-7-11-15-19-23-27-31-35-39-43-75-124-110-67-57-101(58-68-110)90-132-118-85-106(83-116(130-88-99-51-47-96(5)48-52-99)120(118)134-92-103-61-71-112(72-62-103)126-77-45-41-37-33-29-25-21-17-13-9-3)94-128-114-81-105(80-109(123)79-98-55-65-108(122)66-56-98)82-115(87-114)129-95-107-84-117(131-89-100-53-49-97(6)50-54-100)121(135-93-104-63-73-113(74-64-104)127-78-46-42-38-34-30-26-22-18-14-10-4)119(86-107)133-91-102-59-69-111(70-60-102)125-76-44-40-36-32-28-24-20-16-12-8-2/h47-74,81-87H,7-46,75-80,88-95H2,1-6H3. The summed E-state index contributed by atoms with van der Waals surface area (Å²) in [6.45, 7) is 17.6. The van der Waals surface area contributed by atoms with E-state index < -0.39 is 0 Å². The summed E-state index contributed by atoms with van der Waals surface area (Å²) in [4.78, 5) is 14.4. The molecule has 135 heavy (non-hydrogen) atoms. The first-order valence-electron chi connectivity index (χ1n) is 52.2. The van der Waals surface area contributed by atoms with Crippen LogP contribution >= 0.6 is 22.6 Å². The number of hydrogen-bond donors (Lipinski definition) is 0. The Morgan fingerprint density at radius 2 is 0.415 bits per heavy atom. The van der Waals surface area contributed by atoms with Gasteiger partial charge in [0, 0.05) is 22.5 Å². The quantitative estimate of drug-likeness (QED) is 0.0265. The molecule has 13 nitrogen and oxygen atoms in total. The number of ketones is 1. The minimum Gasteiger partial charge on any atom is -0.494 e. The van der Waals surface area contributed by atoms with Crippen LogP contribution in [0.1, 0.15) is 351 Å². The molecule has 0 unspecified atom stereocenters. The summed E-state index contributed by atoms with van der Waals surface area (Å²) >= 11 is 2.30. The summed E-state index contributed by atoms with van der Waals surface area (Å²) in [5, 5.41) is 0. The molecule has 0 bridgehead atoms. The first kappa shape index (κ1) is 107. The third-order valence-corrected chi connectivity index (χ3v) is 25.7. The second-order valence-corrected chi connectivity index (χ2v) is 38.4. The Morgan fingerprint density at radius 1 is 0.200 bits per heavy atom. The molecule has 0 radical (unpaired) electrons. The molecule has 0 aliphatic carbocycles. The molecule has 0 aliphatic rings. The Labute approximate surface area is 826 Å². The number of halogens is 1. The van der Waals surface area contributed by atoms with Crippen LogP contribution in [0.5, 0.6) is 69.0 Å². The van der Waals surface area contributed by atoms with Gasteiger partial charge in [0.25, 0.3) is 0 Å². The molecule has 10 aromatic carbocycles. The highest BCUT2D eigenvalue weighted by molar-refractivity contribution is 14.1. The van der Waals surface area contributed by atoms with Crippen LogP contribution in [0.2, 0.25) is 0 Å². The van der Waals surface area contributed by atoms with E-state index >= 15 is 0 Å². The summed E-state index contributed by atoms with van der Waals surface area (Å²) < 4.78 is 81.8. The Kier molecular flexibility index (Phi) is 52.3. The summed E-state index contributed by atoms with van der Waals surface area (Å²) in [7, 11) is 0. The number of carbonyl (C=O) groups excluding carboxylic acids is 1. The number of unbranched alkanes of at least 4 members (excludes halogenated alkanes) is 36. The lowest BCUT2D eigenvalue weighted by Crippen LogP contribution is -2.08. The molecule has 0 aromatic heterocycles. The van der Waals surface area contributed by atoms with Gasteiger partial charge in [-0.2, -0.15) is 0 Å². The second kappa shape index (κ2) is 65.8. The Bertz CT molecular complexity index is 4530. The van der Waals surface area contributed by atoms with Crippen molar-refractivity contribution in [1.82, 2.24) is 0 Å². The van der Waals surface area contributed by atoms with Crippen molar-refractivity contribution in [3.63, 3.8) is 0 Å². The molecule has 0 heterocycles. The van der Waals surface area contributed by atoms with Crippen molar-refractivity contribution in [1.29, 1.82) is 0 Å². The van der Waals surface area contributed by atoms with Crippen LogP contribution in [0.15, 0.2) is 212 Å². The van der Waals surface area contributed by atoms with Crippen LogP contribution < -0.4 is 56.8 Å². The molecule has 10 rings (SSSR count). The van der Waals surface area contributed by atoms with Crippen molar-refractivity contribution in [3.8, 4) is 69.0 Å². The van der Waals surface area contributed by atoms with Crippen molar-refractivity contribution >= 4 is 28.4 Å². The minimum atomic E-state index is 0.0468. The first-order chi connectivity index (χ1) is 66.4. The first-order valence-corrected chi connectivity index (χ1v) is 53.2. The predicted molar refractivity (Wildman–Crippen MR) is 563 cm³/mol. The molecular weight excluding hydrogens is 1790 g/mol. The van der Waals surface area contributed by atoms with Crippen LogP contribution in [0.4, 0.5) is 0 Å². The van der Waals surface area contributed by atoms with Crippen LogP contribution in [0.3, 0.4) is 0 Å². The van der Waals surface area contributed by atoms with Crippen molar-refractivity contribution in [3.05, 3.63) is 283 Å². The third-order valence-electron chi connectivity index (χ3n) is 25.0. The molecule has 0 spiro atoms. The zero-order valence-corrected chi connectivity index (χ0v) is 85.2. The molecular formula is C121H161IO13. The fraction of sp³-hybridized carbons (Fsp3) is 0.496. The molecule has 0 fully saturated rings. The smallest absolute Gasteiger partial charge is 0.203 e. The zero-order valence-electron chi connectivity index (χ0n) is 83.1. The van der Waals surface area contributed by atoms with E-state index in [9.17, 15) is 4.79 Å². The van der Waals surface area contributed by atoms with E-state index in [-0.39, 0.29) is 71.5 Å². The van der Waals surface area contributed by atoms with E-state index in [1.54, 1.807) is 0 Å². The van der Waals surface area contributed by atoms with Gasteiger partial charge in [0.1, 0.15) is 93.1 Å². The summed E-state index contributed by atoms with van der Waals surface area (Å²) in [6.07, 6.45) is 51.4. The Hall–Kier alpha value is -9.80. The van der Waals surface area contributed by atoms with Crippen LogP contribution in [-0.4, -0.2) is 32.2 Å². The number of hydrogen-bond acceptors (Lipinski definition) is 13. The maximum atomic E-state index is 14.4. The fourth-order valence-corrected chi connectivity index (χ4v) is 17.0. The number of ether oxygens (including phenoxy) is 12. The lowest BCUT2D eigenvalue weighted by atomic mass is 10.0. The highest BCUT2D eigenvalue weighted by Crippen LogP contribution is 2.44. The average Bonchev–Trinajstić information content (AvgIpc) is 0.812. The Balaban J connectivity index is 0.912. The summed E-state index contributed by atoms with van der Waals surface area (Å²) in [6, 6.07) is 71.3. The van der Waals surface area contributed by atoms with E-state index in [0.717, 1.165) is 119 Å². The van der Waals surface area contributed by atoms with Crippen LogP contribution in [0, 0.1) is 17.4 Å². The van der Waals surface area contributed by atoms with E-state index in [4.69, 9.17) is 56.8 Å². The molecule has 14 heteroatoms. The maximum Gasteiger partial charge on any atom is 0.203 e. The number of rotatable bonds is 76. The van der Waals surface area contributed by atoms with E-state index in [2.05, 4.69) is 161 Å². The summed E-state index contributed by atoms with van der Waals surface area (Å²) in [5.74, 6) is 7.27. The molecule has 0 saturated carbocycles. The molecule has 0 amide bonds. The lowest BCUT2D eigenvalue weighted by molar-refractivity contribution is -0.117. The number of carbonyl (C=O) groups is 1. The van der Waals surface area contributed by atoms with Gasteiger partial charge in [-0.3, -0.25) is 4.79 Å². The Morgan fingerprint density at radius 3 is 0.674 bits per heavy atom. The largest absolute Gasteiger partial charge is 0.494 e. The predicted octanol–water partition coefficient (Wildman–Crippen LogP) is 34.1. The fourth-order valence-electron chi connectivity index (χ4n) is 16.7. The van der Waals surface area contributed by atoms with Gasteiger partial charge in [0.15, 0.2) is 23.0 Å². The molecule has 0 N–H and O–H groups in total.